The predicted molar refractivity (Wildman–Crippen MR) is 78.4 cm³/mol. The number of amides is 1. The summed E-state index contributed by atoms with van der Waals surface area (Å²) >= 11 is 0. The minimum atomic E-state index is 0.219. The van der Waals surface area contributed by atoms with Gasteiger partial charge in [-0.15, -0.1) is 0 Å². The van der Waals surface area contributed by atoms with Crippen molar-refractivity contribution in [3.8, 4) is 0 Å². The lowest BCUT2D eigenvalue weighted by molar-refractivity contribution is 0.0742. The van der Waals surface area contributed by atoms with E-state index in [0.29, 0.717) is 6.04 Å². The molecule has 1 aromatic carbocycles. The molecule has 0 heterocycles. The first-order valence-electron chi connectivity index (χ1n) is 7.31. The molecule has 1 aromatic rings. The minimum absolute atomic E-state index is 0.219. The summed E-state index contributed by atoms with van der Waals surface area (Å²) in [5, 5.41) is 3.15. The van der Waals surface area contributed by atoms with Gasteiger partial charge in [0.25, 0.3) is 5.91 Å². The van der Waals surface area contributed by atoms with Crippen molar-refractivity contribution in [1.29, 1.82) is 0 Å². The molecule has 0 bridgehead atoms. The summed E-state index contributed by atoms with van der Waals surface area (Å²) in [6, 6.07) is 8.51. The molecule has 2 rings (SSSR count). The first-order valence-corrected chi connectivity index (χ1v) is 7.31. The molecule has 0 aliphatic heterocycles. The summed E-state index contributed by atoms with van der Waals surface area (Å²) in [6.07, 6.45) is 4.28. The van der Waals surface area contributed by atoms with Crippen molar-refractivity contribution in [1.82, 2.24) is 10.2 Å². The number of carbonyl (C=O) groups is 1. The van der Waals surface area contributed by atoms with E-state index in [2.05, 4.69) is 23.2 Å². The summed E-state index contributed by atoms with van der Waals surface area (Å²) in [5.74, 6) is 0.219. The van der Waals surface area contributed by atoms with Crippen molar-refractivity contribution in [3.05, 3.63) is 35.4 Å². The van der Waals surface area contributed by atoms with Crippen molar-refractivity contribution < 1.29 is 4.79 Å². The normalized spacial score (nSPS) is 14.4. The van der Waals surface area contributed by atoms with E-state index in [1.165, 1.54) is 12.8 Å². The van der Waals surface area contributed by atoms with Gasteiger partial charge in [-0.25, -0.2) is 0 Å². The number of hydrogen-bond donors (Lipinski definition) is 1. The highest BCUT2D eigenvalue weighted by Gasteiger charge is 2.32. The zero-order valence-corrected chi connectivity index (χ0v) is 12.0. The van der Waals surface area contributed by atoms with Gasteiger partial charge in [0.05, 0.1) is 0 Å². The number of nitrogens with zero attached hydrogens (tertiary/aromatic N) is 1. The van der Waals surface area contributed by atoms with Crippen molar-refractivity contribution in [2.24, 2.45) is 0 Å². The first-order chi connectivity index (χ1) is 9.27. The molecule has 0 radical (unpaired) electrons. The van der Waals surface area contributed by atoms with E-state index < -0.39 is 0 Å². The van der Waals surface area contributed by atoms with Gasteiger partial charge < -0.3 is 10.2 Å². The van der Waals surface area contributed by atoms with Crippen molar-refractivity contribution in [3.63, 3.8) is 0 Å². The molecule has 1 amide bonds. The van der Waals surface area contributed by atoms with Crippen LogP contribution >= 0.6 is 0 Å². The van der Waals surface area contributed by atoms with Crippen LogP contribution in [-0.4, -0.2) is 37.0 Å². The molecule has 1 aliphatic rings. The highest BCUT2D eigenvalue weighted by Crippen LogP contribution is 2.29. The molecule has 0 aromatic heterocycles. The highest BCUT2D eigenvalue weighted by atomic mass is 16.2. The Labute approximate surface area is 116 Å². The predicted octanol–water partition coefficient (Wildman–Crippen LogP) is 2.46. The maximum absolute atomic E-state index is 12.7. The first kappa shape index (κ1) is 14.1. The zero-order chi connectivity index (χ0) is 13.7. The van der Waals surface area contributed by atoms with Crippen molar-refractivity contribution in [2.45, 2.75) is 38.6 Å². The van der Waals surface area contributed by atoms with Crippen LogP contribution in [0.2, 0.25) is 0 Å². The molecule has 3 nitrogen and oxygen atoms in total. The Morgan fingerprint density at radius 1 is 1.37 bits per heavy atom. The van der Waals surface area contributed by atoms with E-state index >= 15 is 0 Å². The summed E-state index contributed by atoms with van der Waals surface area (Å²) < 4.78 is 0. The lowest BCUT2D eigenvalue weighted by atomic mass is 10.0. The second-order valence-corrected chi connectivity index (χ2v) is 5.24. The molecule has 0 spiro atoms. The van der Waals surface area contributed by atoms with Crippen LogP contribution in [0.5, 0.6) is 0 Å². The Balaban J connectivity index is 2.16. The fourth-order valence-electron chi connectivity index (χ4n) is 2.44. The SMILES string of the molecule is CCCN(C(=O)c1ccccc1CCNC)C1CC1. The standard InChI is InChI=1S/C16H24N2O/c1-3-12-18(14-8-9-14)16(19)15-7-5-4-6-13(15)10-11-17-2/h4-7,14,17H,3,8-12H2,1-2H3. The fourth-order valence-corrected chi connectivity index (χ4v) is 2.44. The van der Waals surface area contributed by atoms with Crippen LogP contribution in [0.3, 0.4) is 0 Å². The van der Waals surface area contributed by atoms with Gasteiger partial charge >= 0.3 is 0 Å². The minimum Gasteiger partial charge on any atom is -0.336 e. The van der Waals surface area contributed by atoms with E-state index in [4.69, 9.17) is 0 Å². The number of likely N-dealkylation sites (N-methyl/N-ethyl adjacent to an activating group) is 1. The molecule has 1 N–H and O–H groups in total. The molecule has 1 aliphatic carbocycles. The lowest BCUT2D eigenvalue weighted by Crippen LogP contribution is -2.34. The van der Waals surface area contributed by atoms with Gasteiger partial charge in [0.1, 0.15) is 0 Å². The molecule has 0 atom stereocenters. The monoisotopic (exact) mass is 260 g/mol. The molecule has 104 valence electrons. The highest BCUT2D eigenvalue weighted by molar-refractivity contribution is 5.96. The van der Waals surface area contributed by atoms with E-state index in [0.717, 1.165) is 37.1 Å². The molecular weight excluding hydrogens is 236 g/mol. The third-order valence-corrected chi connectivity index (χ3v) is 3.61. The summed E-state index contributed by atoms with van der Waals surface area (Å²) in [6.45, 7) is 3.92. The van der Waals surface area contributed by atoms with Gasteiger partial charge in [-0.1, -0.05) is 25.1 Å². The Morgan fingerprint density at radius 3 is 2.74 bits per heavy atom. The Hall–Kier alpha value is -1.35. The van der Waals surface area contributed by atoms with Crippen LogP contribution in [0.4, 0.5) is 0 Å². The van der Waals surface area contributed by atoms with Crippen LogP contribution in [0.25, 0.3) is 0 Å². The van der Waals surface area contributed by atoms with Gasteiger partial charge in [0, 0.05) is 18.2 Å². The van der Waals surface area contributed by atoms with Crippen LogP contribution < -0.4 is 5.32 Å². The van der Waals surface area contributed by atoms with Gasteiger partial charge in [0.2, 0.25) is 0 Å². The summed E-state index contributed by atoms with van der Waals surface area (Å²) in [4.78, 5) is 14.8. The van der Waals surface area contributed by atoms with Crippen molar-refractivity contribution in [2.75, 3.05) is 20.1 Å². The third-order valence-electron chi connectivity index (χ3n) is 3.61. The van der Waals surface area contributed by atoms with E-state index in [1.54, 1.807) is 0 Å². The molecule has 0 saturated heterocycles. The van der Waals surface area contributed by atoms with E-state index in [-0.39, 0.29) is 5.91 Å². The second kappa shape index (κ2) is 6.71. The Morgan fingerprint density at radius 2 is 2.11 bits per heavy atom. The molecule has 19 heavy (non-hydrogen) atoms. The maximum atomic E-state index is 12.7. The van der Waals surface area contributed by atoms with Gasteiger partial charge in [-0.3, -0.25) is 4.79 Å². The molecule has 3 heteroatoms. The molecule has 0 unspecified atom stereocenters. The average molecular weight is 260 g/mol. The van der Waals surface area contributed by atoms with Gasteiger partial charge in [-0.2, -0.15) is 0 Å². The maximum Gasteiger partial charge on any atom is 0.254 e. The largest absolute Gasteiger partial charge is 0.336 e. The Kier molecular flexibility index (Phi) is 4.97. The number of nitrogens with one attached hydrogen (secondary N) is 1. The lowest BCUT2D eigenvalue weighted by Gasteiger charge is -2.23. The quantitative estimate of drug-likeness (QED) is 0.817. The van der Waals surface area contributed by atoms with Gasteiger partial charge in [0.15, 0.2) is 0 Å². The van der Waals surface area contributed by atoms with E-state index in [1.807, 2.05) is 25.2 Å². The van der Waals surface area contributed by atoms with Crippen LogP contribution in [-0.2, 0) is 6.42 Å². The zero-order valence-electron chi connectivity index (χ0n) is 12.0. The molecule has 1 fully saturated rings. The third kappa shape index (κ3) is 3.57. The van der Waals surface area contributed by atoms with Crippen molar-refractivity contribution >= 4 is 5.91 Å². The number of carbonyl (C=O) groups excluding carboxylic acids is 1. The van der Waals surface area contributed by atoms with E-state index in [9.17, 15) is 4.79 Å². The number of hydrogen-bond acceptors (Lipinski definition) is 2. The van der Waals surface area contributed by atoms with Crippen LogP contribution in [0, 0.1) is 0 Å². The fraction of sp³-hybridized carbons (Fsp3) is 0.562. The smallest absolute Gasteiger partial charge is 0.254 e. The Bertz CT molecular complexity index is 427. The molecular formula is C16H24N2O. The number of rotatable bonds is 7. The van der Waals surface area contributed by atoms with Crippen LogP contribution in [0.1, 0.15) is 42.1 Å². The topological polar surface area (TPSA) is 32.3 Å². The number of benzene rings is 1. The average Bonchev–Trinajstić information content (AvgIpc) is 3.26. The van der Waals surface area contributed by atoms with Gasteiger partial charge in [-0.05, 0) is 50.9 Å². The second-order valence-electron chi connectivity index (χ2n) is 5.24. The van der Waals surface area contributed by atoms with Crippen LogP contribution in [0.15, 0.2) is 24.3 Å². The summed E-state index contributed by atoms with van der Waals surface area (Å²) in [5.41, 5.74) is 2.04. The summed E-state index contributed by atoms with van der Waals surface area (Å²) in [7, 11) is 1.94. The molecule has 1 saturated carbocycles.